The lowest BCUT2D eigenvalue weighted by Gasteiger charge is -2.29. The van der Waals surface area contributed by atoms with Crippen LogP contribution in [0.2, 0.25) is 0 Å². The lowest BCUT2D eigenvalue weighted by Crippen LogP contribution is -2.45. The van der Waals surface area contributed by atoms with Crippen molar-refractivity contribution in [2.45, 2.75) is 64.6 Å². The molecular formula is C11H24N4. The first kappa shape index (κ1) is 11.3. The number of hydrogen-bond acceptors (Lipinski definition) is 4. The van der Waals surface area contributed by atoms with E-state index in [1.54, 1.807) is 0 Å². The van der Waals surface area contributed by atoms with Crippen LogP contribution in [0.5, 0.6) is 0 Å². The fourth-order valence-corrected chi connectivity index (χ4v) is 2.53. The first-order chi connectivity index (χ1) is 7.29. The van der Waals surface area contributed by atoms with E-state index in [4.69, 9.17) is 0 Å². The number of nitrogens with one attached hydrogen (secondary N) is 2. The van der Waals surface area contributed by atoms with Gasteiger partial charge in [0, 0.05) is 12.6 Å². The molecule has 1 unspecified atom stereocenters. The Hall–Kier alpha value is -0.160. The van der Waals surface area contributed by atoms with Gasteiger partial charge in [-0.25, -0.2) is 10.0 Å². The standard InChI is InChI=1S/C11H24N4/c1-10(2)15-11-8-6-4-3-5-7-9-14(11)12-13-15/h10-13H,3-9H2,1-2H3. The predicted molar refractivity (Wildman–Crippen MR) is 61.4 cm³/mol. The highest BCUT2D eigenvalue weighted by Gasteiger charge is 2.32. The van der Waals surface area contributed by atoms with Crippen LogP contribution in [-0.4, -0.2) is 28.8 Å². The van der Waals surface area contributed by atoms with Crippen LogP contribution in [0.1, 0.15) is 52.4 Å². The number of hydrogen-bond donors (Lipinski definition) is 2. The Morgan fingerprint density at radius 3 is 2.53 bits per heavy atom. The number of hydrazine groups is 3. The van der Waals surface area contributed by atoms with Gasteiger partial charge in [0.05, 0.1) is 6.17 Å². The van der Waals surface area contributed by atoms with Crippen molar-refractivity contribution < 1.29 is 0 Å². The molecule has 0 spiro atoms. The summed E-state index contributed by atoms with van der Waals surface area (Å²) < 4.78 is 0. The molecule has 1 atom stereocenters. The van der Waals surface area contributed by atoms with Gasteiger partial charge in [0.1, 0.15) is 0 Å². The lowest BCUT2D eigenvalue weighted by molar-refractivity contribution is 0.0754. The summed E-state index contributed by atoms with van der Waals surface area (Å²) in [6.45, 7) is 5.65. The molecule has 0 aromatic rings. The summed E-state index contributed by atoms with van der Waals surface area (Å²) in [5.41, 5.74) is 6.58. The lowest BCUT2D eigenvalue weighted by atomic mass is 10.1. The van der Waals surface area contributed by atoms with Crippen molar-refractivity contribution in [3.05, 3.63) is 0 Å². The average molecular weight is 212 g/mol. The summed E-state index contributed by atoms with van der Waals surface area (Å²) in [6.07, 6.45) is 8.68. The summed E-state index contributed by atoms with van der Waals surface area (Å²) in [5.74, 6) is 0. The summed E-state index contributed by atoms with van der Waals surface area (Å²) in [5, 5.41) is 4.70. The number of fused-ring (bicyclic) bond motifs is 1. The SMILES string of the molecule is CC(C)N1NNN2CCCCCCCC21. The van der Waals surface area contributed by atoms with Crippen molar-refractivity contribution in [1.82, 2.24) is 21.1 Å². The van der Waals surface area contributed by atoms with Gasteiger partial charge in [0.25, 0.3) is 0 Å². The minimum Gasteiger partial charge on any atom is -0.211 e. The molecule has 2 N–H and O–H groups in total. The Morgan fingerprint density at radius 1 is 1.00 bits per heavy atom. The molecule has 0 aromatic carbocycles. The molecule has 0 aliphatic carbocycles. The summed E-state index contributed by atoms with van der Waals surface area (Å²) in [7, 11) is 0. The Kier molecular flexibility index (Phi) is 3.97. The third-order valence-electron chi connectivity index (χ3n) is 3.42. The van der Waals surface area contributed by atoms with Crippen LogP contribution in [0.15, 0.2) is 0 Å². The summed E-state index contributed by atoms with van der Waals surface area (Å²) >= 11 is 0. The molecule has 2 rings (SSSR count). The molecule has 0 aromatic heterocycles. The third kappa shape index (κ3) is 2.69. The second-order valence-corrected chi connectivity index (χ2v) is 4.96. The third-order valence-corrected chi connectivity index (χ3v) is 3.42. The highest BCUT2D eigenvalue weighted by molar-refractivity contribution is 4.76. The Bertz CT molecular complexity index is 195. The van der Waals surface area contributed by atoms with Crippen LogP contribution in [-0.2, 0) is 0 Å². The van der Waals surface area contributed by atoms with Crippen LogP contribution in [0, 0.1) is 0 Å². The van der Waals surface area contributed by atoms with Gasteiger partial charge in [0.15, 0.2) is 0 Å². The Balaban J connectivity index is 1.98. The van der Waals surface area contributed by atoms with Crippen molar-refractivity contribution in [2.75, 3.05) is 6.54 Å². The molecular weight excluding hydrogens is 188 g/mol. The Morgan fingerprint density at radius 2 is 1.73 bits per heavy atom. The minimum atomic E-state index is 0.545. The number of rotatable bonds is 1. The van der Waals surface area contributed by atoms with E-state index in [2.05, 4.69) is 34.9 Å². The molecule has 88 valence electrons. The van der Waals surface area contributed by atoms with Crippen LogP contribution in [0.25, 0.3) is 0 Å². The molecule has 2 fully saturated rings. The average Bonchev–Trinajstić information content (AvgIpc) is 2.61. The Labute approximate surface area is 92.9 Å². The first-order valence-corrected chi connectivity index (χ1v) is 6.35. The maximum Gasteiger partial charge on any atom is 0.0918 e. The van der Waals surface area contributed by atoms with Crippen molar-refractivity contribution in [3.8, 4) is 0 Å². The van der Waals surface area contributed by atoms with Crippen molar-refractivity contribution in [2.24, 2.45) is 0 Å². The van der Waals surface area contributed by atoms with Gasteiger partial charge in [0.2, 0.25) is 0 Å². The zero-order chi connectivity index (χ0) is 10.7. The van der Waals surface area contributed by atoms with E-state index in [0.29, 0.717) is 12.2 Å². The van der Waals surface area contributed by atoms with E-state index >= 15 is 0 Å². The molecule has 4 heteroatoms. The molecule has 2 aliphatic rings. The second kappa shape index (κ2) is 5.25. The summed E-state index contributed by atoms with van der Waals surface area (Å²) in [6, 6.07) is 0.549. The maximum absolute atomic E-state index is 3.29. The van der Waals surface area contributed by atoms with Crippen molar-refractivity contribution >= 4 is 0 Å². The zero-order valence-electron chi connectivity index (χ0n) is 10.00. The summed E-state index contributed by atoms with van der Waals surface area (Å²) in [4.78, 5) is 0. The van der Waals surface area contributed by atoms with Gasteiger partial charge in [-0.1, -0.05) is 25.7 Å². The molecule has 4 nitrogen and oxygen atoms in total. The molecule has 2 heterocycles. The van der Waals surface area contributed by atoms with Crippen molar-refractivity contribution in [1.29, 1.82) is 0 Å². The van der Waals surface area contributed by atoms with Crippen LogP contribution in [0.3, 0.4) is 0 Å². The van der Waals surface area contributed by atoms with E-state index in [9.17, 15) is 0 Å². The normalized spacial score (nSPS) is 31.0. The topological polar surface area (TPSA) is 30.5 Å². The quantitative estimate of drug-likeness (QED) is 0.691. The monoisotopic (exact) mass is 212 g/mol. The molecule has 0 radical (unpaired) electrons. The van der Waals surface area contributed by atoms with Gasteiger partial charge < -0.3 is 0 Å². The number of nitrogens with zero attached hydrogens (tertiary/aromatic N) is 2. The molecule has 15 heavy (non-hydrogen) atoms. The smallest absolute Gasteiger partial charge is 0.0918 e. The molecule has 0 saturated carbocycles. The van der Waals surface area contributed by atoms with E-state index in [1.165, 1.54) is 45.1 Å². The highest BCUT2D eigenvalue weighted by Crippen LogP contribution is 2.20. The van der Waals surface area contributed by atoms with E-state index in [1.807, 2.05) is 0 Å². The second-order valence-electron chi connectivity index (χ2n) is 4.96. The van der Waals surface area contributed by atoms with Crippen LogP contribution < -0.4 is 11.1 Å². The molecule has 2 aliphatic heterocycles. The highest BCUT2D eigenvalue weighted by atomic mass is 15.9. The van der Waals surface area contributed by atoms with Crippen LogP contribution >= 0.6 is 0 Å². The van der Waals surface area contributed by atoms with E-state index in [0.717, 1.165) is 0 Å². The molecule has 0 amide bonds. The van der Waals surface area contributed by atoms with Gasteiger partial charge in [-0.3, -0.25) is 0 Å². The van der Waals surface area contributed by atoms with Gasteiger partial charge in [-0.15, -0.1) is 0 Å². The minimum absolute atomic E-state index is 0.545. The largest absolute Gasteiger partial charge is 0.211 e. The zero-order valence-corrected chi connectivity index (χ0v) is 10.00. The fourth-order valence-electron chi connectivity index (χ4n) is 2.53. The van der Waals surface area contributed by atoms with Crippen LogP contribution in [0.4, 0.5) is 0 Å². The van der Waals surface area contributed by atoms with E-state index < -0.39 is 0 Å². The van der Waals surface area contributed by atoms with Gasteiger partial charge in [-0.05, 0) is 26.7 Å². The first-order valence-electron chi connectivity index (χ1n) is 6.35. The molecule has 2 saturated heterocycles. The maximum atomic E-state index is 3.29. The fraction of sp³-hybridized carbons (Fsp3) is 1.00. The predicted octanol–water partition coefficient (Wildman–Crippen LogP) is 1.62. The molecule has 0 bridgehead atoms. The van der Waals surface area contributed by atoms with Gasteiger partial charge in [-0.2, -0.15) is 11.1 Å². The van der Waals surface area contributed by atoms with E-state index in [-0.39, 0.29) is 0 Å². The van der Waals surface area contributed by atoms with Crippen molar-refractivity contribution in [3.63, 3.8) is 0 Å². The van der Waals surface area contributed by atoms with Gasteiger partial charge >= 0.3 is 0 Å².